The maximum atomic E-state index is 9.27. The van der Waals surface area contributed by atoms with Gasteiger partial charge in [-0.15, -0.1) is 0 Å². The molecule has 0 saturated carbocycles. The van der Waals surface area contributed by atoms with E-state index in [1.165, 1.54) is 6.07 Å². The fourth-order valence-electron chi connectivity index (χ4n) is 1.14. The fraction of sp³-hybridized carbons (Fsp3) is 0.182. The molecule has 80 valence electrons. The van der Waals surface area contributed by atoms with Crippen LogP contribution < -0.4 is 0 Å². The summed E-state index contributed by atoms with van der Waals surface area (Å²) in [7, 11) is 0. The SMILES string of the molecule is N#Cc1cc(C=CCCN=[N+]=[N-])ccc1O. The van der Waals surface area contributed by atoms with Crippen molar-refractivity contribution >= 4 is 6.08 Å². The number of nitriles is 1. The molecule has 0 aromatic heterocycles. The number of nitrogens with zero attached hydrogens (tertiary/aromatic N) is 4. The number of phenols is 1. The Hall–Kier alpha value is -2.44. The number of rotatable bonds is 4. The van der Waals surface area contributed by atoms with Gasteiger partial charge < -0.3 is 5.11 Å². The standard InChI is InChI=1S/C11H10N4O/c12-8-10-7-9(4-5-11(10)16)3-1-2-6-14-15-13/h1,3-5,7,16H,2,6H2. The Morgan fingerprint density at radius 2 is 2.38 bits per heavy atom. The van der Waals surface area contributed by atoms with Crippen molar-refractivity contribution in [2.45, 2.75) is 6.42 Å². The lowest BCUT2D eigenvalue weighted by molar-refractivity contribution is 0.473. The predicted octanol–water partition coefficient (Wildman–Crippen LogP) is 2.98. The van der Waals surface area contributed by atoms with E-state index in [1.807, 2.05) is 18.2 Å². The van der Waals surface area contributed by atoms with E-state index >= 15 is 0 Å². The molecule has 0 amide bonds. The van der Waals surface area contributed by atoms with Gasteiger partial charge in [0.15, 0.2) is 0 Å². The predicted molar refractivity (Wildman–Crippen MR) is 60.5 cm³/mol. The molecule has 5 heteroatoms. The van der Waals surface area contributed by atoms with E-state index in [0.717, 1.165) is 5.56 Å². The molecule has 1 aromatic carbocycles. The van der Waals surface area contributed by atoms with Crippen LogP contribution in [0.2, 0.25) is 0 Å². The Kier molecular flexibility index (Phi) is 4.45. The molecule has 1 aromatic rings. The van der Waals surface area contributed by atoms with Crippen LogP contribution in [0.15, 0.2) is 29.4 Å². The van der Waals surface area contributed by atoms with Crippen molar-refractivity contribution in [3.05, 3.63) is 45.8 Å². The lowest BCUT2D eigenvalue weighted by atomic mass is 10.1. The van der Waals surface area contributed by atoms with Crippen LogP contribution in [-0.2, 0) is 0 Å². The summed E-state index contributed by atoms with van der Waals surface area (Å²) in [6, 6.07) is 6.68. The molecule has 5 nitrogen and oxygen atoms in total. The normalized spacial score (nSPS) is 9.69. The van der Waals surface area contributed by atoms with E-state index in [-0.39, 0.29) is 11.3 Å². The molecule has 0 aliphatic rings. The minimum Gasteiger partial charge on any atom is -0.507 e. The number of hydrogen-bond acceptors (Lipinski definition) is 3. The Labute approximate surface area is 92.9 Å². The average molecular weight is 214 g/mol. The van der Waals surface area contributed by atoms with Crippen LogP contribution in [0.4, 0.5) is 0 Å². The van der Waals surface area contributed by atoms with E-state index < -0.39 is 0 Å². The maximum absolute atomic E-state index is 9.27. The topological polar surface area (TPSA) is 92.8 Å². The van der Waals surface area contributed by atoms with E-state index in [0.29, 0.717) is 13.0 Å². The molecule has 0 heterocycles. The molecule has 0 bridgehead atoms. The Morgan fingerprint density at radius 3 is 3.06 bits per heavy atom. The molecule has 1 rings (SSSR count). The van der Waals surface area contributed by atoms with Crippen LogP contribution in [-0.4, -0.2) is 11.7 Å². The van der Waals surface area contributed by atoms with Gasteiger partial charge in [-0.05, 0) is 29.6 Å². The maximum Gasteiger partial charge on any atom is 0.133 e. The van der Waals surface area contributed by atoms with Gasteiger partial charge in [-0.25, -0.2) is 0 Å². The van der Waals surface area contributed by atoms with Crippen molar-refractivity contribution in [1.29, 1.82) is 5.26 Å². The molecule has 0 aliphatic heterocycles. The number of aromatic hydroxyl groups is 1. The summed E-state index contributed by atoms with van der Waals surface area (Å²) in [6.07, 6.45) is 4.31. The van der Waals surface area contributed by atoms with Crippen molar-refractivity contribution in [1.82, 2.24) is 0 Å². The van der Waals surface area contributed by atoms with Crippen LogP contribution in [0.3, 0.4) is 0 Å². The van der Waals surface area contributed by atoms with Crippen LogP contribution in [0.25, 0.3) is 16.5 Å². The first-order valence-corrected chi connectivity index (χ1v) is 4.68. The third-order valence-corrected chi connectivity index (χ3v) is 1.91. The summed E-state index contributed by atoms with van der Waals surface area (Å²) in [4.78, 5) is 2.63. The first-order valence-electron chi connectivity index (χ1n) is 4.68. The van der Waals surface area contributed by atoms with Gasteiger partial charge >= 0.3 is 0 Å². The molecule has 0 saturated heterocycles. The van der Waals surface area contributed by atoms with Crippen molar-refractivity contribution in [2.75, 3.05) is 6.54 Å². The summed E-state index contributed by atoms with van der Waals surface area (Å²) in [5, 5.41) is 21.4. The third-order valence-electron chi connectivity index (χ3n) is 1.91. The summed E-state index contributed by atoms with van der Waals surface area (Å²) in [6.45, 7) is 0.413. The van der Waals surface area contributed by atoms with Crippen LogP contribution >= 0.6 is 0 Å². The highest BCUT2D eigenvalue weighted by Gasteiger charge is 1.98. The fourth-order valence-corrected chi connectivity index (χ4v) is 1.14. The zero-order valence-electron chi connectivity index (χ0n) is 8.54. The summed E-state index contributed by atoms with van der Waals surface area (Å²) in [5.74, 6) is -0.0197. The number of azide groups is 1. The van der Waals surface area contributed by atoms with Gasteiger partial charge in [0.1, 0.15) is 11.8 Å². The Bertz CT molecular complexity index is 481. The Balaban J connectivity index is 2.68. The number of benzene rings is 1. The van der Waals surface area contributed by atoms with Gasteiger partial charge in [-0.3, -0.25) is 0 Å². The lowest BCUT2D eigenvalue weighted by Crippen LogP contribution is -1.79. The second-order valence-corrected chi connectivity index (χ2v) is 3.03. The molecular formula is C11H10N4O. The second kappa shape index (κ2) is 6.12. The Morgan fingerprint density at radius 1 is 1.56 bits per heavy atom. The lowest BCUT2D eigenvalue weighted by Gasteiger charge is -1.97. The molecule has 0 unspecified atom stereocenters. The first kappa shape index (κ1) is 11.6. The highest BCUT2D eigenvalue weighted by molar-refractivity contribution is 5.56. The quantitative estimate of drug-likeness (QED) is 0.361. The van der Waals surface area contributed by atoms with Gasteiger partial charge in [0.05, 0.1) is 5.56 Å². The van der Waals surface area contributed by atoms with Crippen LogP contribution in [0, 0.1) is 11.3 Å². The second-order valence-electron chi connectivity index (χ2n) is 3.03. The van der Waals surface area contributed by atoms with E-state index in [4.69, 9.17) is 10.8 Å². The minimum atomic E-state index is -0.0197. The monoisotopic (exact) mass is 214 g/mol. The highest BCUT2D eigenvalue weighted by Crippen LogP contribution is 2.18. The van der Waals surface area contributed by atoms with E-state index in [1.54, 1.807) is 12.1 Å². The summed E-state index contributed by atoms with van der Waals surface area (Å²) >= 11 is 0. The smallest absolute Gasteiger partial charge is 0.133 e. The molecule has 0 atom stereocenters. The highest BCUT2D eigenvalue weighted by atomic mass is 16.3. The van der Waals surface area contributed by atoms with Crippen LogP contribution in [0.1, 0.15) is 17.5 Å². The van der Waals surface area contributed by atoms with E-state index in [9.17, 15) is 5.11 Å². The third kappa shape index (κ3) is 3.37. The van der Waals surface area contributed by atoms with Crippen molar-refractivity contribution < 1.29 is 5.11 Å². The largest absolute Gasteiger partial charge is 0.507 e. The van der Waals surface area contributed by atoms with Crippen molar-refractivity contribution in [3.63, 3.8) is 0 Å². The van der Waals surface area contributed by atoms with Gasteiger partial charge in [-0.1, -0.05) is 23.3 Å². The molecular weight excluding hydrogens is 204 g/mol. The summed E-state index contributed by atoms with van der Waals surface area (Å²) < 4.78 is 0. The number of phenolic OH excluding ortho intramolecular Hbond substituents is 1. The van der Waals surface area contributed by atoms with Crippen LogP contribution in [0.5, 0.6) is 5.75 Å². The van der Waals surface area contributed by atoms with Crippen molar-refractivity contribution in [2.24, 2.45) is 5.11 Å². The molecule has 0 aliphatic carbocycles. The zero-order valence-corrected chi connectivity index (χ0v) is 8.54. The van der Waals surface area contributed by atoms with Crippen molar-refractivity contribution in [3.8, 4) is 11.8 Å². The number of hydrogen-bond donors (Lipinski definition) is 1. The average Bonchev–Trinajstić information content (AvgIpc) is 2.31. The van der Waals surface area contributed by atoms with Gasteiger partial charge in [0, 0.05) is 11.5 Å². The van der Waals surface area contributed by atoms with Gasteiger partial charge in [0.2, 0.25) is 0 Å². The molecule has 0 radical (unpaired) electrons. The zero-order chi connectivity index (χ0) is 11.8. The van der Waals surface area contributed by atoms with E-state index in [2.05, 4.69) is 10.0 Å². The molecule has 0 spiro atoms. The molecule has 0 fully saturated rings. The molecule has 16 heavy (non-hydrogen) atoms. The summed E-state index contributed by atoms with van der Waals surface area (Å²) in [5.41, 5.74) is 9.13. The first-order chi connectivity index (χ1) is 7.77. The minimum absolute atomic E-state index is 0.0197. The van der Waals surface area contributed by atoms with Gasteiger partial charge in [0.25, 0.3) is 0 Å². The molecule has 1 N–H and O–H groups in total. The van der Waals surface area contributed by atoms with Gasteiger partial charge in [-0.2, -0.15) is 5.26 Å².